The van der Waals surface area contributed by atoms with Crippen LogP contribution in [0.5, 0.6) is 0 Å². The maximum atomic E-state index is 6.08. The Kier molecular flexibility index (Phi) is 3.25. The van der Waals surface area contributed by atoms with Crippen molar-refractivity contribution < 1.29 is 0 Å². The third-order valence-electron chi connectivity index (χ3n) is 3.81. The van der Waals surface area contributed by atoms with E-state index < -0.39 is 0 Å². The maximum absolute atomic E-state index is 6.08. The minimum Gasteiger partial charge on any atom is -0.327 e. The van der Waals surface area contributed by atoms with Crippen LogP contribution in [0.25, 0.3) is 11.0 Å². The summed E-state index contributed by atoms with van der Waals surface area (Å²) in [5.41, 5.74) is 2.09. The molecule has 0 saturated heterocycles. The molecule has 1 saturated carbocycles. The van der Waals surface area contributed by atoms with Crippen LogP contribution in [0.15, 0.2) is 18.2 Å². The van der Waals surface area contributed by atoms with Crippen LogP contribution in [0.1, 0.15) is 25.6 Å². The summed E-state index contributed by atoms with van der Waals surface area (Å²) < 4.78 is 2.23. The van der Waals surface area contributed by atoms with Crippen LogP contribution in [0.4, 0.5) is 0 Å². The first kappa shape index (κ1) is 12.3. The van der Waals surface area contributed by atoms with E-state index in [1.807, 2.05) is 18.2 Å². The smallest absolute Gasteiger partial charge is 0.124 e. The highest BCUT2D eigenvalue weighted by molar-refractivity contribution is 6.31. The molecule has 4 heteroatoms. The van der Waals surface area contributed by atoms with Crippen LogP contribution in [-0.4, -0.2) is 9.55 Å². The van der Waals surface area contributed by atoms with Crippen molar-refractivity contribution in [1.29, 1.82) is 0 Å². The average Bonchev–Trinajstić information content (AvgIpc) is 3.15. The van der Waals surface area contributed by atoms with Gasteiger partial charge in [-0.05, 0) is 42.9 Å². The highest BCUT2D eigenvalue weighted by atomic mass is 35.5. The van der Waals surface area contributed by atoms with Gasteiger partial charge in [0.25, 0.3) is 0 Å². The number of benzene rings is 1. The molecule has 1 fully saturated rings. The van der Waals surface area contributed by atoms with Gasteiger partial charge in [-0.1, -0.05) is 18.5 Å². The second-order valence-electron chi connectivity index (χ2n) is 5.22. The number of hydrogen-bond donors (Lipinski definition) is 0. The Balaban J connectivity index is 2.03. The summed E-state index contributed by atoms with van der Waals surface area (Å²) in [5.74, 6) is 2.96. The van der Waals surface area contributed by atoms with Crippen molar-refractivity contribution in [2.75, 3.05) is 0 Å². The number of aromatic nitrogens is 2. The standard InChI is InChI=1S/C14H16Cl2N2/c1-9(10-2-3-10)8-18-13-6-11(16)4-5-12(13)17-14(18)7-15/h4-6,9-10H,2-3,7-8H2,1H3. The maximum Gasteiger partial charge on any atom is 0.124 e. The molecule has 0 amide bonds. The van der Waals surface area contributed by atoms with E-state index in [0.717, 1.165) is 34.3 Å². The van der Waals surface area contributed by atoms with Gasteiger partial charge in [-0.25, -0.2) is 4.98 Å². The van der Waals surface area contributed by atoms with Gasteiger partial charge in [0.15, 0.2) is 0 Å². The minimum absolute atomic E-state index is 0.448. The Morgan fingerprint density at radius 2 is 2.22 bits per heavy atom. The first-order valence-electron chi connectivity index (χ1n) is 6.39. The quantitative estimate of drug-likeness (QED) is 0.757. The van der Waals surface area contributed by atoms with Gasteiger partial charge in [-0.2, -0.15) is 0 Å². The van der Waals surface area contributed by atoms with E-state index in [1.165, 1.54) is 12.8 Å². The number of halogens is 2. The van der Waals surface area contributed by atoms with E-state index in [0.29, 0.717) is 11.8 Å². The third-order valence-corrected chi connectivity index (χ3v) is 4.28. The molecule has 1 aromatic carbocycles. The number of rotatable bonds is 4. The first-order chi connectivity index (χ1) is 8.69. The first-order valence-corrected chi connectivity index (χ1v) is 7.31. The molecule has 3 rings (SSSR count). The van der Waals surface area contributed by atoms with Crippen molar-refractivity contribution in [2.24, 2.45) is 11.8 Å². The molecule has 2 nitrogen and oxygen atoms in total. The number of imidazole rings is 1. The number of alkyl halides is 1. The van der Waals surface area contributed by atoms with Gasteiger partial charge in [0.1, 0.15) is 5.82 Å². The number of nitrogens with zero attached hydrogens (tertiary/aromatic N) is 2. The highest BCUT2D eigenvalue weighted by Crippen LogP contribution is 2.38. The lowest BCUT2D eigenvalue weighted by atomic mass is 10.1. The Hall–Kier alpha value is -0.730. The van der Waals surface area contributed by atoms with Crippen molar-refractivity contribution in [3.8, 4) is 0 Å². The summed E-state index contributed by atoms with van der Waals surface area (Å²) in [4.78, 5) is 4.58. The summed E-state index contributed by atoms with van der Waals surface area (Å²) in [7, 11) is 0. The van der Waals surface area contributed by atoms with Crippen molar-refractivity contribution >= 4 is 34.2 Å². The van der Waals surface area contributed by atoms with Crippen LogP contribution in [0.3, 0.4) is 0 Å². The molecule has 2 aromatic rings. The molecule has 1 atom stereocenters. The fourth-order valence-electron chi connectivity index (χ4n) is 2.55. The molecule has 1 heterocycles. The van der Waals surface area contributed by atoms with E-state index in [1.54, 1.807) is 0 Å². The zero-order valence-corrected chi connectivity index (χ0v) is 11.9. The Morgan fingerprint density at radius 1 is 1.44 bits per heavy atom. The lowest BCUT2D eigenvalue weighted by Gasteiger charge is -2.14. The van der Waals surface area contributed by atoms with Gasteiger partial charge < -0.3 is 4.57 Å². The third kappa shape index (κ3) is 2.24. The molecule has 0 radical (unpaired) electrons. The Bertz CT molecular complexity index is 572. The predicted octanol–water partition coefficient (Wildman–Crippen LogP) is 4.47. The van der Waals surface area contributed by atoms with Crippen molar-refractivity contribution in [3.63, 3.8) is 0 Å². The lowest BCUT2D eigenvalue weighted by Crippen LogP contribution is -2.11. The second kappa shape index (κ2) is 4.75. The molecule has 1 aliphatic rings. The van der Waals surface area contributed by atoms with Crippen LogP contribution < -0.4 is 0 Å². The predicted molar refractivity (Wildman–Crippen MR) is 76.2 cm³/mol. The van der Waals surface area contributed by atoms with Crippen LogP contribution in [0, 0.1) is 11.8 Å². The van der Waals surface area contributed by atoms with Gasteiger partial charge in [0, 0.05) is 11.6 Å². The molecule has 96 valence electrons. The second-order valence-corrected chi connectivity index (χ2v) is 5.92. The summed E-state index contributed by atoms with van der Waals surface area (Å²) in [6.07, 6.45) is 2.73. The van der Waals surface area contributed by atoms with Gasteiger partial charge >= 0.3 is 0 Å². The summed E-state index contributed by atoms with van der Waals surface area (Å²) >= 11 is 12.1. The highest BCUT2D eigenvalue weighted by Gasteiger charge is 2.28. The monoisotopic (exact) mass is 282 g/mol. The summed E-state index contributed by atoms with van der Waals surface area (Å²) in [5, 5.41) is 0.754. The van der Waals surface area contributed by atoms with Gasteiger partial charge in [0.2, 0.25) is 0 Å². The molecule has 0 bridgehead atoms. The van der Waals surface area contributed by atoms with Crippen LogP contribution in [-0.2, 0) is 12.4 Å². The van der Waals surface area contributed by atoms with E-state index in [9.17, 15) is 0 Å². The topological polar surface area (TPSA) is 17.8 Å². The average molecular weight is 283 g/mol. The lowest BCUT2D eigenvalue weighted by molar-refractivity contribution is 0.431. The number of hydrogen-bond acceptors (Lipinski definition) is 1. The van der Waals surface area contributed by atoms with Gasteiger partial charge in [0.05, 0.1) is 16.9 Å². The minimum atomic E-state index is 0.448. The Labute approximate surface area is 117 Å². The van der Waals surface area contributed by atoms with Gasteiger partial charge in [-0.3, -0.25) is 0 Å². The molecule has 1 aromatic heterocycles. The molecule has 0 N–H and O–H groups in total. The Morgan fingerprint density at radius 3 is 2.89 bits per heavy atom. The van der Waals surface area contributed by atoms with E-state index in [-0.39, 0.29) is 0 Å². The van der Waals surface area contributed by atoms with E-state index >= 15 is 0 Å². The summed E-state index contributed by atoms with van der Waals surface area (Å²) in [6.45, 7) is 3.30. The van der Waals surface area contributed by atoms with Crippen molar-refractivity contribution in [2.45, 2.75) is 32.2 Å². The molecule has 0 spiro atoms. The van der Waals surface area contributed by atoms with Crippen LogP contribution >= 0.6 is 23.2 Å². The largest absolute Gasteiger partial charge is 0.327 e. The van der Waals surface area contributed by atoms with Crippen LogP contribution in [0.2, 0.25) is 5.02 Å². The fraction of sp³-hybridized carbons (Fsp3) is 0.500. The molecular weight excluding hydrogens is 267 g/mol. The van der Waals surface area contributed by atoms with Crippen molar-refractivity contribution in [3.05, 3.63) is 29.0 Å². The van der Waals surface area contributed by atoms with Gasteiger partial charge in [-0.15, -0.1) is 11.6 Å². The van der Waals surface area contributed by atoms with Crippen molar-refractivity contribution in [1.82, 2.24) is 9.55 Å². The molecular formula is C14H16Cl2N2. The number of fused-ring (bicyclic) bond motifs is 1. The zero-order valence-electron chi connectivity index (χ0n) is 10.4. The fourth-order valence-corrected chi connectivity index (χ4v) is 2.92. The molecule has 18 heavy (non-hydrogen) atoms. The van der Waals surface area contributed by atoms with E-state index in [2.05, 4.69) is 16.5 Å². The molecule has 1 unspecified atom stereocenters. The normalized spacial score (nSPS) is 17.3. The molecule has 0 aliphatic heterocycles. The summed E-state index contributed by atoms with van der Waals surface area (Å²) in [6, 6.07) is 5.83. The molecule has 1 aliphatic carbocycles. The zero-order chi connectivity index (χ0) is 12.7. The van der Waals surface area contributed by atoms with E-state index in [4.69, 9.17) is 23.2 Å². The SMILES string of the molecule is CC(Cn1c(CCl)nc2ccc(Cl)cc21)C1CC1.